The molecule has 7 heteroatoms. The number of carbonyl (C=O) groups is 1. The summed E-state index contributed by atoms with van der Waals surface area (Å²) in [6.07, 6.45) is 2.88. The number of hydrogen-bond donors (Lipinski definition) is 2. The Bertz CT molecular complexity index is 1070. The van der Waals surface area contributed by atoms with E-state index in [9.17, 15) is 9.59 Å². The van der Waals surface area contributed by atoms with Crippen molar-refractivity contribution in [1.82, 2.24) is 9.55 Å². The Kier molecular flexibility index (Phi) is 4.97. The molecule has 0 fully saturated rings. The molecular weight excluding hydrogens is 356 g/mol. The first-order valence-corrected chi connectivity index (χ1v) is 9.48. The molecule has 1 aliphatic rings. The van der Waals surface area contributed by atoms with Gasteiger partial charge in [0.25, 0.3) is 5.56 Å². The molecule has 2 N–H and O–H groups in total. The van der Waals surface area contributed by atoms with Gasteiger partial charge >= 0.3 is 6.03 Å². The highest BCUT2D eigenvalue weighted by atomic mass is 16.5. The van der Waals surface area contributed by atoms with Gasteiger partial charge in [-0.25, -0.2) is 9.78 Å². The van der Waals surface area contributed by atoms with E-state index in [1.165, 1.54) is 0 Å². The molecule has 3 aromatic rings. The third-order valence-electron chi connectivity index (χ3n) is 4.75. The molecule has 7 nitrogen and oxygen atoms in total. The molecule has 28 heavy (non-hydrogen) atoms. The lowest BCUT2D eigenvalue weighted by Crippen LogP contribution is -2.28. The third kappa shape index (κ3) is 3.69. The molecule has 2 aromatic carbocycles. The highest BCUT2D eigenvalue weighted by molar-refractivity contribution is 6.00. The number of rotatable bonds is 4. The van der Waals surface area contributed by atoms with Gasteiger partial charge in [0, 0.05) is 24.3 Å². The van der Waals surface area contributed by atoms with E-state index < -0.39 is 0 Å². The molecule has 4 rings (SSSR count). The minimum atomic E-state index is -0.380. The van der Waals surface area contributed by atoms with Gasteiger partial charge < -0.3 is 15.4 Å². The van der Waals surface area contributed by atoms with E-state index in [1.807, 2.05) is 6.92 Å². The summed E-state index contributed by atoms with van der Waals surface area (Å²) in [4.78, 5) is 29.7. The Hall–Kier alpha value is -3.35. The summed E-state index contributed by atoms with van der Waals surface area (Å²) in [5.74, 6) is 1.59. The van der Waals surface area contributed by atoms with Crippen molar-refractivity contribution < 1.29 is 9.53 Å². The lowest BCUT2D eigenvalue weighted by Gasteiger charge is -2.18. The van der Waals surface area contributed by atoms with E-state index in [4.69, 9.17) is 4.74 Å². The topological polar surface area (TPSA) is 85.2 Å². The van der Waals surface area contributed by atoms with E-state index in [-0.39, 0.29) is 11.6 Å². The quantitative estimate of drug-likeness (QED) is 0.724. The van der Waals surface area contributed by atoms with Crippen LogP contribution in [0.15, 0.2) is 47.3 Å². The average Bonchev–Trinajstić information content (AvgIpc) is 2.70. The van der Waals surface area contributed by atoms with Crippen molar-refractivity contribution in [3.63, 3.8) is 0 Å². The minimum Gasteiger partial charge on any atom is -0.494 e. The third-order valence-corrected chi connectivity index (χ3v) is 4.75. The van der Waals surface area contributed by atoms with Crippen molar-refractivity contribution in [2.45, 2.75) is 32.7 Å². The molecule has 0 bridgehead atoms. The Labute approximate surface area is 162 Å². The van der Waals surface area contributed by atoms with E-state index in [2.05, 4.69) is 15.6 Å². The minimum absolute atomic E-state index is 0.0460. The molecule has 1 aliphatic heterocycles. The highest BCUT2D eigenvalue weighted by Gasteiger charge is 2.15. The van der Waals surface area contributed by atoms with Crippen LogP contribution in [0.5, 0.6) is 5.75 Å². The zero-order valence-electron chi connectivity index (χ0n) is 15.7. The Balaban J connectivity index is 1.52. The van der Waals surface area contributed by atoms with Crippen LogP contribution in [0.3, 0.4) is 0 Å². The van der Waals surface area contributed by atoms with Crippen molar-refractivity contribution in [3.05, 3.63) is 58.6 Å². The lowest BCUT2D eigenvalue weighted by atomic mass is 10.1. The number of aryl methyl sites for hydroxylation is 1. The smallest absolute Gasteiger partial charge is 0.323 e. The number of amides is 2. The SMILES string of the molecule is CCOc1ccc(NC(=O)Nc2ccc3nc4n(c(=O)c3c2)CCCC4)cc1. The summed E-state index contributed by atoms with van der Waals surface area (Å²) < 4.78 is 7.13. The molecule has 0 radical (unpaired) electrons. The van der Waals surface area contributed by atoms with Gasteiger partial charge in [0.2, 0.25) is 0 Å². The van der Waals surface area contributed by atoms with Crippen LogP contribution in [-0.2, 0) is 13.0 Å². The van der Waals surface area contributed by atoms with E-state index in [0.29, 0.717) is 35.4 Å². The number of ether oxygens (including phenoxy) is 1. The highest BCUT2D eigenvalue weighted by Crippen LogP contribution is 2.19. The maximum atomic E-state index is 12.8. The molecule has 0 saturated heterocycles. The molecule has 0 aliphatic carbocycles. The van der Waals surface area contributed by atoms with Crippen LogP contribution < -0.4 is 20.9 Å². The van der Waals surface area contributed by atoms with Crippen LogP contribution in [0.1, 0.15) is 25.6 Å². The van der Waals surface area contributed by atoms with Gasteiger partial charge in [0.05, 0.1) is 17.5 Å². The second-order valence-corrected chi connectivity index (χ2v) is 6.71. The summed E-state index contributed by atoms with van der Waals surface area (Å²) in [6.45, 7) is 3.21. The van der Waals surface area contributed by atoms with Gasteiger partial charge in [-0.15, -0.1) is 0 Å². The maximum Gasteiger partial charge on any atom is 0.323 e. The predicted octanol–water partition coefficient (Wildman–Crippen LogP) is 3.78. The van der Waals surface area contributed by atoms with Crippen LogP contribution >= 0.6 is 0 Å². The fourth-order valence-electron chi connectivity index (χ4n) is 3.41. The normalized spacial score (nSPS) is 13.0. The van der Waals surface area contributed by atoms with Crippen LogP contribution in [0.25, 0.3) is 10.9 Å². The standard InChI is InChI=1S/C21H22N4O3/c1-2-28-16-9-6-14(7-10-16)22-21(27)23-15-8-11-18-17(13-15)20(26)25-12-4-3-5-19(25)24-18/h6-11,13H,2-5,12H2,1H3,(H2,22,23,27). The number of hydrogen-bond acceptors (Lipinski definition) is 4. The Morgan fingerprint density at radius 2 is 1.86 bits per heavy atom. The molecule has 0 unspecified atom stereocenters. The van der Waals surface area contributed by atoms with Crippen molar-refractivity contribution in [3.8, 4) is 5.75 Å². The van der Waals surface area contributed by atoms with Gasteiger partial charge in [-0.05, 0) is 62.2 Å². The fraction of sp³-hybridized carbons (Fsp3) is 0.286. The second kappa shape index (κ2) is 7.72. The summed E-state index contributed by atoms with van der Waals surface area (Å²) >= 11 is 0. The van der Waals surface area contributed by atoms with Crippen molar-refractivity contribution in [2.75, 3.05) is 17.2 Å². The van der Waals surface area contributed by atoms with Crippen molar-refractivity contribution >= 4 is 28.3 Å². The van der Waals surface area contributed by atoms with Crippen LogP contribution in [0, 0.1) is 0 Å². The fourth-order valence-corrected chi connectivity index (χ4v) is 3.41. The second-order valence-electron chi connectivity index (χ2n) is 6.71. The number of benzene rings is 2. The molecule has 0 atom stereocenters. The molecular formula is C21H22N4O3. The number of nitrogens with zero attached hydrogens (tertiary/aromatic N) is 2. The number of aromatic nitrogens is 2. The van der Waals surface area contributed by atoms with Crippen molar-refractivity contribution in [1.29, 1.82) is 0 Å². The van der Waals surface area contributed by atoms with Crippen molar-refractivity contribution in [2.24, 2.45) is 0 Å². The predicted molar refractivity (Wildman–Crippen MR) is 109 cm³/mol. The van der Waals surface area contributed by atoms with E-state index in [1.54, 1.807) is 47.0 Å². The first-order chi connectivity index (χ1) is 13.6. The number of nitrogens with one attached hydrogen (secondary N) is 2. The summed E-state index contributed by atoms with van der Waals surface area (Å²) in [6, 6.07) is 12.0. The van der Waals surface area contributed by atoms with Crippen LogP contribution in [0.4, 0.5) is 16.2 Å². The summed E-state index contributed by atoms with van der Waals surface area (Å²) in [5.41, 5.74) is 1.81. The average molecular weight is 378 g/mol. The van der Waals surface area contributed by atoms with Crippen LogP contribution in [0.2, 0.25) is 0 Å². The Morgan fingerprint density at radius 1 is 1.11 bits per heavy atom. The first-order valence-electron chi connectivity index (χ1n) is 9.48. The van der Waals surface area contributed by atoms with Gasteiger partial charge in [0.15, 0.2) is 0 Å². The zero-order valence-corrected chi connectivity index (χ0v) is 15.7. The van der Waals surface area contributed by atoms with Gasteiger partial charge in [0.1, 0.15) is 11.6 Å². The number of fused-ring (bicyclic) bond motifs is 2. The largest absolute Gasteiger partial charge is 0.494 e. The summed E-state index contributed by atoms with van der Waals surface area (Å²) in [5, 5.41) is 6.06. The monoisotopic (exact) mass is 378 g/mol. The lowest BCUT2D eigenvalue weighted by molar-refractivity contribution is 0.262. The Morgan fingerprint density at radius 3 is 2.64 bits per heavy atom. The van der Waals surface area contributed by atoms with Gasteiger partial charge in [-0.1, -0.05) is 0 Å². The number of anilines is 2. The molecule has 2 amide bonds. The molecule has 0 spiro atoms. The van der Waals surface area contributed by atoms with E-state index in [0.717, 1.165) is 30.8 Å². The molecule has 2 heterocycles. The molecule has 144 valence electrons. The van der Waals surface area contributed by atoms with E-state index >= 15 is 0 Å². The van der Waals surface area contributed by atoms with Crippen LogP contribution in [-0.4, -0.2) is 22.2 Å². The maximum absolute atomic E-state index is 12.8. The summed E-state index contributed by atoms with van der Waals surface area (Å²) in [7, 11) is 0. The first kappa shape index (κ1) is 18.0. The van der Waals surface area contributed by atoms with Gasteiger partial charge in [-0.3, -0.25) is 9.36 Å². The van der Waals surface area contributed by atoms with Gasteiger partial charge in [-0.2, -0.15) is 0 Å². The number of urea groups is 1. The zero-order chi connectivity index (χ0) is 19.5. The number of carbonyl (C=O) groups excluding carboxylic acids is 1. The molecule has 1 aromatic heterocycles. The molecule has 0 saturated carbocycles.